The monoisotopic (exact) mass is 615 g/mol. The van der Waals surface area contributed by atoms with Crippen molar-refractivity contribution in [2.24, 2.45) is 0 Å². The van der Waals surface area contributed by atoms with Crippen LogP contribution in [0.5, 0.6) is 11.5 Å². The van der Waals surface area contributed by atoms with Crippen LogP contribution in [-0.4, -0.2) is 68.8 Å². The summed E-state index contributed by atoms with van der Waals surface area (Å²) >= 11 is 12.4. The van der Waals surface area contributed by atoms with Gasteiger partial charge in [-0.3, -0.25) is 19.4 Å². The third-order valence-corrected chi connectivity index (χ3v) is 8.10. The van der Waals surface area contributed by atoms with Crippen LogP contribution < -0.4 is 19.7 Å². The molecular weight excluding hydrogens is 584 g/mol. The molecular formula is C31H32Cl2FN3O5. The van der Waals surface area contributed by atoms with Crippen molar-refractivity contribution in [1.82, 2.24) is 10.2 Å². The zero-order valence-electron chi connectivity index (χ0n) is 23.4. The van der Waals surface area contributed by atoms with Gasteiger partial charge in [0.05, 0.1) is 41.6 Å². The third-order valence-electron chi connectivity index (χ3n) is 7.38. The first kappa shape index (κ1) is 30.1. The van der Waals surface area contributed by atoms with Crippen molar-refractivity contribution in [3.8, 4) is 22.6 Å². The van der Waals surface area contributed by atoms with Gasteiger partial charge < -0.3 is 19.5 Å². The number of rotatable bonds is 9. The molecule has 2 heterocycles. The summed E-state index contributed by atoms with van der Waals surface area (Å²) in [4.78, 5) is 30.2. The minimum absolute atomic E-state index is 0.220. The molecule has 3 aromatic carbocycles. The van der Waals surface area contributed by atoms with Gasteiger partial charge in [-0.05, 0) is 49.2 Å². The van der Waals surface area contributed by atoms with Crippen molar-refractivity contribution in [2.75, 3.05) is 51.0 Å². The molecule has 11 heteroatoms. The number of nitrogens with zero attached hydrogens (tertiary/aromatic N) is 2. The minimum atomic E-state index is -0.862. The highest BCUT2D eigenvalue weighted by molar-refractivity contribution is 6.42. The molecule has 0 bridgehead atoms. The SMILES string of the molecule is CCOc1ccc(F)c(-c2ccc(C(CN3CCOCC3)NC(=O)C(C)N3C(=O)COc4cc(Cl)c(Cl)cc43)cc2)c1. The fraction of sp³-hybridized carbons (Fsp3) is 0.355. The summed E-state index contributed by atoms with van der Waals surface area (Å²) in [5.41, 5.74) is 2.34. The van der Waals surface area contributed by atoms with Crippen molar-refractivity contribution in [1.29, 1.82) is 0 Å². The normalized spacial score (nSPS) is 16.8. The molecule has 42 heavy (non-hydrogen) atoms. The minimum Gasteiger partial charge on any atom is -0.494 e. The number of benzene rings is 3. The van der Waals surface area contributed by atoms with Crippen LogP contribution in [0.15, 0.2) is 54.6 Å². The summed E-state index contributed by atoms with van der Waals surface area (Å²) in [7, 11) is 0. The van der Waals surface area contributed by atoms with Crippen molar-refractivity contribution in [2.45, 2.75) is 25.9 Å². The van der Waals surface area contributed by atoms with E-state index in [-0.39, 0.29) is 29.3 Å². The number of morpholine rings is 1. The highest BCUT2D eigenvalue weighted by atomic mass is 35.5. The van der Waals surface area contributed by atoms with E-state index in [0.717, 1.165) is 18.7 Å². The molecule has 222 valence electrons. The van der Waals surface area contributed by atoms with Gasteiger partial charge in [0.25, 0.3) is 5.91 Å². The number of carbonyl (C=O) groups excluding carboxylic acids is 2. The third kappa shape index (κ3) is 6.65. The van der Waals surface area contributed by atoms with E-state index in [0.29, 0.717) is 59.7 Å². The summed E-state index contributed by atoms with van der Waals surface area (Å²) < 4.78 is 31.3. The van der Waals surface area contributed by atoms with Crippen LogP contribution in [0.4, 0.5) is 10.1 Å². The van der Waals surface area contributed by atoms with Crippen molar-refractivity contribution >= 4 is 40.7 Å². The van der Waals surface area contributed by atoms with Crippen LogP contribution in [0.25, 0.3) is 11.1 Å². The van der Waals surface area contributed by atoms with Crippen molar-refractivity contribution in [3.05, 3.63) is 76.0 Å². The maximum Gasteiger partial charge on any atom is 0.265 e. The zero-order valence-corrected chi connectivity index (χ0v) is 24.9. The quantitative estimate of drug-likeness (QED) is 0.342. The van der Waals surface area contributed by atoms with E-state index in [4.69, 9.17) is 37.4 Å². The predicted molar refractivity (Wildman–Crippen MR) is 160 cm³/mol. The maximum absolute atomic E-state index is 14.7. The van der Waals surface area contributed by atoms with E-state index in [9.17, 15) is 14.0 Å². The summed E-state index contributed by atoms with van der Waals surface area (Å²) in [5.74, 6) is -0.0963. The summed E-state index contributed by atoms with van der Waals surface area (Å²) in [6.45, 7) is 6.99. The molecule has 2 amide bonds. The number of ether oxygens (including phenoxy) is 3. The maximum atomic E-state index is 14.7. The lowest BCUT2D eigenvalue weighted by molar-refractivity contribution is -0.128. The summed E-state index contributed by atoms with van der Waals surface area (Å²) in [6.07, 6.45) is 0. The number of anilines is 1. The lowest BCUT2D eigenvalue weighted by Crippen LogP contribution is -2.53. The lowest BCUT2D eigenvalue weighted by Gasteiger charge is -2.35. The number of hydrogen-bond acceptors (Lipinski definition) is 6. The van der Waals surface area contributed by atoms with E-state index in [1.807, 2.05) is 31.2 Å². The number of amides is 2. The Morgan fingerprint density at radius 3 is 2.50 bits per heavy atom. The molecule has 0 radical (unpaired) electrons. The van der Waals surface area contributed by atoms with Crippen LogP contribution in [0.1, 0.15) is 25.5 Å². The molecule has 1 saturated heterocycles. The van der Waals surface area contributed by atoms with Gasteiger partial charge >= 0.3 is 0 Å². The molecule has 8 nitrogen and oxygen atoms in total. The molecule has 1 N–H and O–H groups in total. The smallest absolute Gasteiger partial charge is 0.265 e. The average molecular weight is 617 g/mol. The fourth-order valence-electron chi connectivity index (χ4n) is 5.15. The zero-order chi connectivity index (χ0) is 29.8. The van der Waals surface area contributed by atoms with E-state index in [1.165, 1.54) is 17.0 Å². The second-order valence-electron chi connectivity index (χ2n) is 10.1. The Labute approximate surface area is 254 Å². The van der Waals surface area contributed by atoms with Crippen LogP contribution in [-0.2, 0) is 14.3 Å². The first-order chi connectivity index (χ1) is 20.2. The Hall–Kier alpha value is -3.37. The molecule has 0 aliphatic carbocycles. The number of nitrogens with one attached hydrogen (secondary N) is 1. The fourth-order valence-corrected chi connectivity index (χ4v) is 5.46. The molecule has 2 unspecified atom stereocenters. The second kappa shape index (κ2) is 13.3. The summed E-state index contributed by atoms with van der Waals surface area (Å²) in [5, 5.41) is 3.68. The van der Waals surface area contributed by atoms with E-state index >= 15 is 0 Å². The Balaban J connectivity index is 1.40. The number of fused-ring (bicyclic) bond motifs is 1. The molecule has 5 rings (SSSR count). The molecule has 0 saturated carbocycles. The van der Waals surface area contributed by atoms with Gasteiger partial charge in [-0.2, -0.15) is 0 Å². The van der Waals surface area contributed by atoms with Crippen molar-refractivity contribution < 1.29 is 28.2 Å². The first-order valence-electron chi connectivity index (χ1n) is 13.8. The van der Waals surface area contributed by atoms with Gasteiger partial charge in [0, 0.05) is 31.3 Å². The molecule has 0 spiro atoms. The highest BCUT2D eigenvalue weighted by Gasteiger charge is 2.35. The standard InChI is InChI=1S/C31H32Cl2FN3O5/c1-3-41-22-8-9-26(34)23(14-22)20-4-6-21(7-5-20)27(17-36-10-12-40-13-11-36)35-31(39)19(2)37-28-15-24(32)25(33)16-29(28)42-18-30(37)38/h4-9,14-16,19,27H,3,10-13,17-18H2,1-2H3,(H,35,39). The van der Waals surface area contributed by atoms with Gasteiger partial charge in [0.15, 0.2) is 6.61 Å². The Morgan fingerprint density at radius 2 is 1.79 bits per heavy atom. The van der Waals surface area contributed by atoms with Crippen LogP contribution in [0, 0.1) is 5.82 Å². The highest BCUT2D eigenvalue weighted by Crippen LogP contribution is 2.40. The van der Waals surface area contributed by atoms with Gasteiger partial charge in [0.2, 0.25) is 5.91 Å². The van der Waals surface area contributed by atoms with E-state index in [1.54, 1.807) is 25.1 Å². The molecule has 0 aromatic heterocycles. The van der Waals surface area contributed by atoms with Gasteiger partial charge in [-0.15, -0.1) is 0 Å². The van der Waals surface area contributed by atoms with Crippen LogP contribution >= 0.6 is 23.2 Å². The molecule has 1 fully saturated rings. The number of halogens is 3. The van der Waals surface area contributed by atoms with Crippen molar-refractivity contribution in [3.63, 3.8) is 0 Å². The Morgan fingerprint density at radius 1 is 1.07 bits per heavy atom. The average Bonchev–Trinajstić information content (AvgIpc) is 2.99. The van der Waals surface area contributed by atoms with Gasteiger partial charge in [-0.25, -0.2) is 4.39 Å². The van der Waals surface area contributed by atoms with Crippen LogP contribution in [0.3, 0.4) is 0 Å². The van der Waals surface area contributed by atoms with E-state index < -0.39 is 12.1 Å². The van der Waals surface area contributed by atoms with E-state index in [2.05, 4.69) is 10.2 Å². The number of carbonyl (C=O) groups is 2. The Kier molecular flexibility index (Phi) is 9.53. The predicted octanol–water partition coefficient (Wildman–Crippen LogP) is 5.50. The molecule has 2 atom stereocenters. The lowest BCUT2D eigenvalue weighted by atomic mass is 9.99. The second-order valence-corrected chi connectivity index (χ2v) is 10.9. The number of hydrogen-bond donors (Lipinski definition) is 1. The Bertz CT molecular complexity index is 1450. The first-order valence-corrected chi connectivity index (χ1v) is 14.6. The molecule has 2 aliphatic rings. The van der Waals surface area contributed by atoms with Gasteiger partial charge in [-0.1, -0.05) is 47.5 Å². The van der Waals surface area contributed by atoms with Gasteiger partial charge in [0.1, 0.15) is 23.4 Å². The largest absolute Gasteiger partial charge is 0.494 e. The molecule has 3 aromatic rings. The molecule has 2 aliphatic heterocycles. The summed E-state index contributed by atoms with van der Waals surface area (Å²) in [6, 6.07) is 13.9. The van der Waals surface area contributed by atoms with Crippen LogP contribution in [0.2, 0.25) is 10.0 Å². The topological polar surface area (TPSA) is 80.3 Å².